The van der Waals surface area contributed by atoms with Crippen molar-refractivity contribution in [3.05, 3.63) is 59.1 Å². The first-order valence-electron chi connectivity index (χ1n) is 10.1. The Balaban J connectivity index is 1.39. The van der Waals surface area contributed by atoms with Crippen LogP contribution in [-0.2, 0) is 9.59 Å². The molecule has 160 valence electrons. The highest BCUT2D eigenvalue weighted by Gasteiger charge is 2.27. The molecule has 0 aromatic heterocycles. The summed E-state index contributed by atoms with van der Waals surface area (Å²) < 4.78 is 11.2. The zero-order valence-corrected chi connectivity index (χ0v) is 18.0. The summed E-state index contributed by atoms with van der Waals surface area (Å²) in [6, 6.07) is 14.6. The van der Waals surface area contributed by atoms with Gasteiger partial charge >= 0.3 is 0 Å². The van der Waals surface area contributed by atoms with Gasteiger partial charge in [-0.1, -0.05) is 29.3 Å². The molecule has 0 spiro atoms. The molecule has 2 amide bonds. The third-order valence-corrected chi connectivity index (χ3v) is 5.29. The van der Waals surface area contributed by atoms with Gasteiger partial charge < -0.3 is 19.7 Å². The average Bonchev–Trinajstić information content (AvgIpc) is 2.75. The normalized spacial score (nSPS) is 15.4. The molecule has 1 atom stereocenters. The summed E-state index contributed by atoms with van der Waals surface area (Å²) in [5.41, 5.74) is 1.14. The molecule has 7 heteroatoms. The van der Waals surface area contributed by atoms with E-state index >= 15 is 0 Å². The zero-order chi connectivity index (χ0) is 21.5. The fourth-order valence-electron chi connectivity index (χ4n) is 3.32. The van der Waals surface area contributed by atoms with E-state index < -0.39 is 6.10 Å². The molecule has 30 heavy (non-hydrogen) atoms. The number of nitrogens with one attached hydrogen (secondary N) is 1. The first kappa shape index (κ1) is 22.0. The Bertz CT molecular complexity index is 847. The van der Waals surface area contributed by atoms with Gasteiger partial charge in [0.2, 0.25) is 0 Å². The Morgan fingerprint density at radius 2 is 1.67 bits per heavy atom. The Hall–Kier alpha value is -2.73. The fourth-order valence-corrected chi connectivity index (χ4v) is 3.45. The van der Waals surface area contributed by atoms with Gasteiger partial charge in [0.1, 0.15) is 11.5 Å². The van der Waals surface area contributed by atoms with Crippen LogP contribution >= 0.6 is 11.6 Å². The van der Waals surface area contributed by atoms with Gasteiger partial charge in [-0.2, -0.15) is 0 Å². The molecule has 1 aliphatic rings. The van der Waals surface area contributed by atoms with Crippen molar-refractivity contribution >= 4 is 23.4 Å². The van der Waals surface area contributed by atoms with E-state index in [0.29, 0.717) is 42.5 Å². The molecule has 0 aliphatic carbocycles. The minimum absolute atomic E-state index is 0.0197. The number of halogens is 1. The number of piperidine rings is 1. The Morgan fingerprint density at radius 1 is 1.07 bits per heavy atom. The van der Waals surface area contributed by atoms with Crippen LogP contribution in [0.15, 0.2) is 48.5 Å². The number of likely N-dealkylation sites (tertiary alicyclic amines) is 1. The van der Waals surface area contributed by atoms with Crippen molar-refractivity contribution in [2.24, 2.45) is 0 Å². The Labute approximate surface area is 182 Å². The van der Waals surface area contributed by atoms with Crippen LogP contribution < -0.4 is 14.8 Å². The first-order valence-corrected chi connectivity index (χ1v) is 10.5. The lowest BCUT2D eigenvalue weighted by molar-refractivity contribution is -0.139. The summed E-state index contributed by atoms with van der Waals surface area (Å²) in [4.78, 5) is 26.6. The van der Waals surface area contributed by atoms with Crippen molar-refractivity contribution < 1.29 is 19.1 Å². The van der Waals surface area contributed by atoms with Crippen LogP contribution in [-0.4, -0.2) is 48.6 Å². The van der Waals surface area contributed by atoms with Crippen LogP contribution in [0.1, 0.15) is 25.3 Å². The highest BCUT2D eigenvalue weighted by Crippen LogP contribution is 2.19. The van der Waals surface area contributed by atoms with Crippen molar-refractivity contribution in [2.45, 2.75) is 38.8 Å². The lowest BCUT2D eigenvalue weighted by Gasteiger charge is -2.33. The van der Waals surface area contributed by atoms with Crippen molar-refractivity contribution in [2.75, 3.05) is 19.7 Å². The molecule has 0 bridgehead atoms. The molecule has 2 aromatic carbocycles. The van der Waals surface area contributed by atoms with Crippen LogP contribution in [0.4, 0.5) is 0 Å². The van der Waals surface area contributed by atoms with Crippen LogP contribution in [0, 0.1) is 6.92 Å². The summed E-state index contributed by atoms with van der Waals surface area (Å²) in [6.45, 7) is 4.88. The number of hydrogen-bond acceptors (Lipinski definition) is 4. The topological polar surface area (TPSA) is 67.9 Å². The standard InChI is InChI=1S/C23H27ClN2O4/c1-16-3-7-20(8-4-16)29-15-22(27)25-19-11-13-26(14-12-19)23(28)17(2)30-21-9-5-18(24)6-10-21/h3-10,17,19H,11-15H2,1-2H3,(H,25,27). The van der Waals surface area contributed by atoms with Gasteiger partial charge in [0, 0.05) is 24.2 Å². The molecule has 0 saturated carbocycles. The number of carbonyl (C=O) groups excluding carboxylic acids is 2. The van der Waals surface area contributed by atoms with Crippen molar-refractivity contribution in [3.63, 3.8) is 0 Å². The minimum Gasteiger partial charge on any atom is -0.484 e. The second kappa shape index (κ2) is 10.3. The van der Waals surface area contributed by atoms with E-state index in [-0.39, 0.29) is 24.5 Å². The lowest BCUT2D eigenvalue weighted by atomic mass is 10.0. The van der Waals surface area contributed by atoms with Gasteiger partial charge in [0.15, 0.2) is 12.7 Å². The zero-order valence-electron chi connectivity index (χ0n) is 17.3. The summed E-state index contributed by atoms with van der Waals surface area (Å²) in [5, 5.41) is 3.61. The van der Waals surface area contributed by atoms with E-state index in [2.05, 4.69) is 5.32 Å². The highest BCUT2D eigenvalue weighted by molar-refractivity contribution is 6.30. The second-order valence-corrected chi connectivity index (χ2v) is 7.92. The molecule has 0 radical (unpaired) electrons. The van der Waals surface area contributed by atoms with E-state index in [9.17, 15) is 9.59 Å². The maximum Gasteiger partial charge on any atom is 0.263 e. The molecule has 2 aromatic rings. The molecule has 3 rings (SSSR count). The van der Waals surface area contributed by atoms with Gasteiger partial charge in [-0.3, -0.25) is 9.59 Å². The van der Waals surface area contributed by atoms with Crippen molar-refractivity contribution in [1.82, 2.24) is 10.2 Å². The SMILES string of the molecule is Cc1ccc(OCC(=O)NC2CCN(C(=O)C(C)Oc3ccc(Cl)cc3)CC2)cc1. The predicted molar refractivity (Wildman–Crippen MR) is 116 cm³/mol. The fraction of sp³-hybridized carbons (Fsp3) is 0.391. The number of ether oxygens (including phenoxy) is 2. The lowest BCUT2D eigenvalue weighted by Crippen LogP contribution is -2.50. The molecule has 1 fully saturated rings. The summed E-state index contributed by atoms with van der Waals surface area (Å²) in [5.74, 6) is 1.07. The average molecular weight is 431 g/mol. The van der Waals surface area contributed by atoms with Gasteiger partial charge in [-0.15, -0.1) is 0 Å². The summed E-state index contributed by atoms with van der Waals surface area (Å²) in [6.07, 6.45) is 0.825. The number of benzene rings is 2. The van der Waals surface area contributed by atoms with Crippen molar-refractivity contribution in [1.29, 1.82) is 0 Å². The quantitative estimate of drug-likeness (QED) is 0.728. The van der Waals surface area contributed by atoms with Crippen LogP contribution in [0.3, 0.4) is 0 Å². The van der Waals surface area contributed by atoms with E-state index in [1.54, 1.807) is 36.1 Å². The van der Waals surface area contributed by atoms with E-state index in [0.717, 1.165) is 5.56 Å². The number of carbonyl (C=O) groups is 2. The molecule has 1 heterocycles. The van der Waals surface area contributed by atoms with E-state index in [4.69, 9.17) is 21.1 Å². The smallest absolute Gasteiger partial charge is 0.263 e. The third-order valence-electron chi connectivity index (χ3n) is 5.04. The van der Waals surface area contributed by atoms with Crippen LogP contribution in [0.5, 0.6) is 11.5 Å². The molecule has 1 saturated heterocycles. The number of nitrogens with zero attached hydrogens (tertiary/aromatic N) is 1. The number of rotatable bonds is 7. The van der Waals surface area contributed by atoms with Gasteiger partial charge in [-0.25, -0.2) is 0 Å². The van der Waals surface area contributed by atoms with Gasteiger partial charge in [0.25, 0.3) is 11.8 Å². The second-order valence-electron chi connectivity index (χ2n) is 7.48. The monoisotopic (exact) mass is 430 g/mol. The van der Waals surface area contributed by atoms with Crippen LogP contribution in [0.2, 0.25) is 5.02 Å². The summed E-state index contributed by atoms with van der Waals surface area (Å²) in [7, 11) is 0. The predicted octanol–water partition coefficient (Wildman–Crippen LogP) is 3.60. The molecule has 6 nitrogen and oxygen atoms in total. The third kappa shape index (κ3) is 6.39. The minimum atomic E-state index is -0.583. The molecular formula is C23H27ClN2O4. The molecular weight excluding hydrogens is 404 g/mol. The molecule has 1 N–H and O–H groups in total. The maximum atomic E-state index is 12.6. The molecule has 1 aliphatic heterocycles. The number of hydrogen-bond donors (Lipinski definition) is 1. The Kier molecular flexibility index (Phi) is 7.57. The highest BCUT2D eigenvalue weighted by atomic mass is 35.5. The van der Waals surface area contributed by atoms with E-state index in [1.165, 1.54) is 0 Å². The first-order chi connectivity index (χ1) is 14.4. The Morgan fingerprint density at radius 3 is 2.30 bits per heavy atom. The number of amides is 2. The van der Waals surface area contributed by atoms with Crippen molar-refractivity contribution in [3.8, 4) is 11.5 Å². The van der Waals surface area contributed by atoms with Gasteiger partial charge in [0.05, 0.1) is 0 Å². The summed E-state index contributed by atoms with van der Waals surface area (Å²) >= 11 is 5.87. The largest absolute Gasteiger partial charge is 0.484 e. The van der Waals surface area contributed by atoms with Crippen LogP contribution in [0.25, 0.3) is 0 Å². The van der Waals surface area contributed by atoms with Gasteiger partial charge in [-0.05, 0) is 63.1 Å². The molecule has 1 unspecified atom stereocenters. The number of aryl methyl sites for hydroxylation is 1. The maximum absolute atomic E-state index is 12.6. The van der Waals surface area contributed by atoms with E-state index in [1.807, 2.05) is 31.2 Å².